The van der Waals surface area contributed by atoms with Crippen molar-refractivity contribution in [2.24, 2.45) is 0 Å². The van der Waals surface area contributed by atoms with Crippen LogP contribution in [0.4, 0.5) is 0 Å². The second kappa shape index (κ2) is 4.45. The number of rotatable bonds is 3. The van der Waals surface area contributed by atoms with Gasteiger partial charge in [-0.2, -0.15) is 4.37 Å². The molecule has 1 aromatic carbocycles. The molecular formula is C12H13NOS. The van der Waals surface area contributed by atoms with Gasteiger partial charge in [0, 0.05) is 10.9 Å². The van der Waals surface area contributed by atoms with Crippen LogP contribution in [0, 0.1) is 0 Å². The van der Waals surface area contributed by atoms with E-state index in [0.29, 0.717) is 0 Å². The van der Waals surface area contributed by atoms with E-state index in [2.05, 4.69) is 23.4 Å². The van der Waals surface area contributed by atoms with Crippen LogP contribution in [0.3, 0.4) is 0 Å². The molecule has 0 N–H and O–H groups in total. The van der Waals surface area contributed by atoms with Gasteiger partial charge in [-0.25, -0.2) is 0 Å². The summed E-state index contributed by atoms with van der Waals surface area (Å²) in [5.74, 6) is 0.950. The van der Waals surface area contributed by atoms with Gasteiger partial charge in [0.05, 0.1) is 12.8 Å². The maximum absolute atomic E-state index is 5.46. The molecule has 2 rings (SSSR count). The number of hydrogen-bond donors (Lipinski definition) is 0. The Bertz CT molecular complexity index is 437. The zero-order chi connectivity index (χ0) is 10.7. The largest absolute Gasteiger partial charge is 0.496 e. The molecule has 0 aliphatic rings. The van der Waals surface area contributed by atoms with Gasteiger partial charge >= 0.3 is 0 Å². The van der Waals surface area contributed by atoms with Crippen molar-refractivity contribution >= 4 is 11.5 Å². The fraction of sp³-hybridized carbons (Fsp3) is 0.250. The highest BCUT2D eigenvalue weighted by Crippen LogP contribution is 2.32. The van der Waals surface area contributed by atoms with Gasteiger partial charge in [0.1, 0.15) is 5.75 Å². The van der Waals surface area contributed by atoms with Crippen LogP contribution in [0.15, 0.2) is 29.6 Å². The predicted octanol–water partition coefficient (Wildman–Crippen LogP) is 3.38. The molecule has 1 aromatic heterocycles. The van der Waals surface area contributed by atoms with Crippen LogP contribution < -0.4 is 4.74 Å². The summed E-state index contributed by atoms with van der Waals surface area (Å²) in [5.41, 5.74) is 3.30. The van der Waals surface area contributed by atoms with Crippen LogP contribution >= 0.6 is 11.5 Å². The van der Waals surface area contributed by atoms with Crippen molar-refractivity contribution in [1.82, 2.24) is 4.37 Å². The smallest absolute Gasteiger partial charge is 0.131 e. The van der Waals surface area contributed by atoms with Gasteiger partial charge < -0.3 is 4.74 Å². The van der Waals surface area contributed by atoms with Crippen molar-refractivity contribution in [1.29, 1.82) is 0 Å². The first-order chi connectivity index (χ1) is 7.36. The Hall–Kier alpha value is -1.35. The molecular weight excluding hydrogens is 206 g/mol. The third-order valence-corrected chi connectivity index (χ3v) is 2.96. The van der Waals surface area contributed by atoms with E-state index in [-0.39, 0.29) is 0 Å². The second-order valence-corrected chi connectivity index (χ2v) is 3.90. The van der Waals surface area contributed by atoms with Gasteiger partial charge in [-0.05, 0) is 35.6 Å². The zero-order valence-electron chi connectivity index (χ0n) is 8.86. The summed E-state index contributed by atoms with van der Waals surface area (Å²) in [7, 11) is 1.71. The monoisotopic (exact) mass is 219 g/mol. The normalized spacial score (nSPS) is 10.3. The Morgan fingerprint density at radius 1 is 1.33 bits per heavy atom. The fourth-order valence-electron chi connectivity index (χ4n) is 1.66. The molecule has 2 aromatic rings. The quantitative estimate of drug-likeness (QED) is 0.789. The number of hydrogen-bond acceptors (Lipinski definition) is 3. The first-order valence-electron chi connectivity index (χ1n) is 4.93. The van der Waals surface area contributed by atoms with Gasteiger partial charge in [0.2, 0.25) is 0 Å². The predicted molar refractivity (Wildman–Crippen MR) is 63.5 cm³/mol. The van der Waals surface area contributed by atoms with Crippen LogP contribution in [0.2, 0.25) is 0 Å². The number of methoxy groups -OCH3 is 1. The lowest BCUT2D eigenvalue weighted by Crippen LogP contribution is -1.93. The molecule has 0 spiro atoms. The minimum absolute atomic E-state index is 0.950. The van der Waals surface area contributed by atoms with E-state index < -0.39 is 0 Å². The summed E-state index contributed by atoms with van der Waals surface area (Å²) >= 11 is 1.46. The molecule has 0 radical (unpaired) electrons. The lowest BCUT2D eigenvalue weighted by atomic mass is 10.0. The van der Waals surface area contributed by atoms with Crippen LogP contribution in [0.25, 0.3) is 11.3 Å². The van der Waals surface area contributed by atoms with Gasteiger partial charge in [-0.1, -0.05) is 19.1 Å². The van der Waals surface area contributed by atoms with Gasteiger partial charge in [0.15, 0.2) is 0 Å². The summed E-state index contributed by atoms with van der Waals surface area (Å²) in [6.45, 7) is 2.13. The van der Waals surface area contributed by atoms with E-state index in [1.165, 1.54) is 17.1 Å². The molecule has 0 saturated heterocycles. The van der Waals surface area contributed by atoms with E-state index in [1.54, 1.807) is 7.11 Å². The number of benzene rings is 1. The molecule has 78 valence electrons. The van der Waals surface area contributed by atoms with Crippen LogP contribution in [-0.2, 0) is 6.42 Å². The van der Waals surface area contributed by atoms with Crippen LogP contribution in [0.1, 0.15) is 12.5 Å². The Kier molecular flexibility index (Phi) is 3.02. The average molecular weight is 219 g/mol. The Labute approximate surface area is 93.7 Å². The lowest BCUT2D eigenvalue weighted by molar-refractivity contribution is 0.411. The second-order valence-electron chi connectivity index (χ2n) is 3.24. The Morgan fingerprint density at radius 3 is 2.80 bits per heavy atom. The summed E-state index contributed by atoms with van der Waals surface area (Å²) in [4.78, 5) is 0. The van der Waals surface area contributed by atoms with Crippen molar-refractivity contribution in [2.75, 3.05) is 7.11 Å². The van der Waals surface area contributed by atoms with E-state index in [0.717, 1.165) is 23.4 Å². The van der Waals surface area contributed by atoms with E-state index in [9.17, 15) is 0 Å². The number of aromatic nitrogens is 1. The van der Waals surface area contributed by atoms with E-state index >= 15 is 0 Å². The molecule has 0 atom stereocenters. The molecule has 15 heavy (non-hydrogen) atoms. The molecule has 0 amide bonds. The van der Waals surface area contributed by atoms with Crippen molar-refractivity contribution < 1.29 is 4.74 Å². The van der Waals surface area contributed by atoms with Crippen molar-refractivity contribution in [2.45, 2.75) is 13.3 Å². The molecule has 0 bridgehead atoms. The summed E-state index contributed by atoms with van der Waals surface area (Å²) in [6.07, 6.45) is 0.973. The number of para-hydroxylation sites is 1. The van der Waals surface area contributed by atoms with Gasteiger partial charge in [-0.15, -0.1) is 0 Å². The summed E-state index contributed by atoms with van der Waals surface area (Å²) in [5, 5.41) is 1.98. The molecule has 1 heterocycles. The standard InChI is InChI=1S/C12H13NOS/c1-3-9-5-4-6-10(12(9)14-2)11-7-8-15-13-11/h4-8H,3H2,1-2H3. The van der Waals surface area contributed by atoms with Gasteiger partial charge in [0.25, 0.3) is 0 Å². The molecule has 0 aliphatic heterocycles. The summed E-state index contributed by atoms with van der Waals surface area (Å²) in [6, 6.07) is 8.21. The first-order valence-corrected chi connectivity index (χ1v) is 5.77. The third-order valence-electron chi connectivity index (χ3n) is 2.40. The molecule has 0 saturated carbocycles. The highest BCUT2D eigenvalue weighted by atomic mass is 32.1. The van der Waals surface area contributed by atoms with E-state index in [4.69, 9.17) is 4.74 Å². The SMILES string of the molecule is CCc1cccc(-c2ccsn2)c1OC. The molecule has 0 fully saturated rings. The first kappa shape index (κ1) is 10.2. The minimum Gasteiger partial charge on any atom is -0.496 e. The summed E-state index contributed by atoms with van der Waals surface area (Å²) < 4.78 is 9.79. The molecule has 0 unspecified atom stereocenters. The maximum atomic E-state index is 5.46. The fourth-order valence-corrected chi connectivity index (χ4v) is 2.18. The number of aryl methyl sites for hydroxylation is 1. The van der Waals surface area contributed by atoms with Gasteiger partial charge in [-0.3, -0.25) is 0 Å². The number of nitrogens with zero attached hydrogens (tertiary/aromatic N) is 1. The molecule has 0 aliphatic carbocycles. The topological polar surface area (TPSA) is 22.1 Å². The maximum Gasteiger partial charge on any atom is 0.131 e. The van der Waals surface area contributed by atoms with Crippen molar-refractivity contribution in [3.05, 3.63) is 35.2 Å². The third kappa shape index (κ3) is 1.88. The highest BCUT2D eigenvalue weighted by Gasteiger charge is 2.10. The molecule has 2 nitrogen and oxygen atoms in total. The van der Waals surface area contributed by atoms with E-state index in [1.807, 2.05) is 17.5 Å². The Balaban J connectivity index is 2.56. The van der Waals surface area contributed by atoms with Crippen molar-refractivity contribution in [3.8, 4) is 17.0 Å². The Morgan fingerprint density at radius 2 is 2.20 bits per heavy atom. The minimum atomic E-state index is 0.950. The number of ether oxygens (including phenoxy) is 1. The molecule has 3 heteroatoms. The van der Waals surface area contributed by atoms with Crippen LogP contribution in [0.5, 0.6) is 5.75 Å². The zero-order valence-corrected chi connectivity index (χ0v) is 9.67. The van der Waals surface area contributed by atoms with Crippen LogP contribution in [-0.4, -0.2) is 11.5 Å². The highest BCUT2D eigenvalue weighted by molar-refractivity contribution is 7.03. The average Bonchev–Trinajstić information content (AvgIpc) is 2.81. The van der Waals surface area contributed by atoms with Crippen molar-refractivity contribution in [3.63, 3.8) is 0 Å². The lowest BCUT2D eigenvalue weighted by Gasteiger charge is -2.10.